The summed E-state index contributed by atoms with van der Waals surface area (Å²) in [6, 6.07) is 13.5. The van der Waals surface area contributed by atoms with Crippen LogP contribution in [0.15, 0.2) is 42.5 Å². The molecule has 0 atom stereocenters. The largest absolute Gasteiger partial charge is 0.326 e. The number of anilines is 2. The number of carbonyl (C=O) groups is 2. The number of hydrogen-bond donors (Lipinski definition) is 1. The minimum absolute atomic E-state index is 0.0387. The molecule has 1 aliphatic heterocycles. The van der Waals surface area contributed by atoms with E-state index in [-0.39, 0.29) is 11.8 Å². The third-order valence-electron chi connectivity index (χ3n) is 4.47. The molecule has 3 rings (SSSR count). The Hall–Kier alpha value is -2.62. The Morgan fingerprint density at radius 2 is 1.83 bits per heavy atom. The van der Waals surface area contributed by atoms with Gasteiger partial charge in [0.1, 0.15) is 0 Å². The summed E-state index contributed by atoms with van der Waals surface area (Å²) in [5.74, 6) is 0.129. The highest BCUT2D eigenvalue weighted by Gasteiger charge is 2.21. The van der Waals surface area contributed by atoms with Crippen LogP contribution in [0.3, 0.4) is 0 Å². The molecule has 0 aliphatic carbocycles. The minimum atomic E-state index is -0.0387. The lowest BCUT2D eigenvalue weighted by Gasteiger charge is -2.16. The highest BCUT2D eigenvalue weighted by atomic mass is 16.2. The maximum absolute atomic E-state index is 12.2. The molecule has 1 aliphatic rings. The fraction of sp³-hybridized carbons (Fsp3) is 0.300. The number of nitrogens with one attached hydrogen (secondary N) is 1. The second-order valence-electron chi connectivity index (χ2n) is 6.34. The first-order valence-corrected chi connectivity index (χ1v) is 8.29. The quantitative estimate of drug-likeness (QED) is 0.935. The molecule has 0 saturated carbocycles. The Kier molecular flexibility index (Phi) is 4.65. The molecule has 0 radical (unpaired) electrons. The van der Waals surface area contributed by atoms with Crippen LogP contribution in [-0.2, 0) is 16.0 Å². The molecule has 2 aromatic carbocycles. The van der Waals surface area contributed by atoms with Crippen LogP contribution in [0.5, 0.6) is 0 Å². The van der Waals surface area contributed by atoms with Gasteiger partial charge in [0.05, 0.1) is 6.42 Å². The molecule has 2 aromatic rings. The number of rotatable bonds is 4. The molecule has 0 unspecified atom stereocenters. The fourth-order valence-electron chi connectivity index (χ4n) is 2.95. The predicted molar refractivity (Wildman–Crippen MR) is 96.3 cm³/mol. The van der Waals surface area contributed by atoms with Crippen molar-refractivity contribution in [2.75, 3.05) is 16.8 Å². The van der Waals surface area contributed by atoms with Gasteiger partial charge >= 0.3 is 0 Å². The van der Waals surface area contributed by atoms with E-state index in [9.17, 15) is 9.59 Å². The fourth-order valence-corrected chi connectivity index (χ4v) is 2.95. The Morgan fingerprint density at radius 3 is 2.46 bits per heavy atom. The number of carbonyl (C=O) groups excluding carboxylic acids is 2. The predicted octanol–water partition coefficient (Wildman–Crippen LogP) is 3.61. The van der Waals surface area contributed by atoms with Gasteiger partial charge < -0.3 is 10.2 Å². The van der Waals surface area contributed by atoms with Crippen LogP contribution in [0, 0.1) is 13.8 Å². The smallest absolute Gasteiger partial charge is 0.228 e. The minimum Gasteiger partial charge on any atom is -0.326 e. The summed E-state index contributed by atoms with van der Waals surface area (Å²) < 4.78 is 0. The zero-order valence-electron chi connectivity index (χ0n) is 14.1. The number of nitrogens with zero attached hydrogens (tertiary/aromatic N) is 1. The van der Waals surface area contributed by atoms with E-state index in [4.69, 9.17) is 0 Å². The van der Waals surface area contributed by atoms with Crippen molar-refractivity contribution in [3.63, 3.8) is 0 Å². The molecule has 2 amide bonds. The second-order valence-corrected chi connectivity index (χ2v) is 6.34. The molecule has 0 bridgehead atoms. The molecule has 124 valence electrons. The van der Waals surface area contributed by atoms with Crippen molar-refractivity contribution >= 4 is 23.2 Å². The Labute approximate surface area is 142 Å². The van der Waals surface area contributed by atoms with Gasteiger partial charge in [-0.1, -0.05) is 18.2 Å². The Bertz CT molecular complexity index is 766. The van der Waals surface area contributed by atoms with Crippen LogP contribution in [-0.4, -0.2) is 18.4 Å². The van der Waals surface area contributed by atoms with Gasteiger partial charge in [-0.3, -0.25) is 9.59 Å². The second kappa shape index (κ2) is 6.87. The van der Waals surface area contributed by atoms with Crippen LogP contribution >= 0.6 is 0 Å². The molecule has 24 heavy (non-hydrogen) atoms. The Balaban J connectivity index is 1.62. The highest BCUT2D eigenvalue weighted by molar-refractivity contribution is 5.96. The molecule has 1 heterocycles. The maximum Gasteiger partial charge on any atom is 0.228 e. The van der Waals surface area contributed by atoms with Gasteiger partial charge in [0.25, 0.3) is 0 Å². The van der Waals surface area contributed by atoms with E-state index in [0.717, 1.165) is 29.9 Å². The van der Waals surface area contributed by atoms with E-state index < -0.39 is 0 Å². The molecule has 1 N–H and O–H groups in total. The van der Waals surface area contributed by atoms with Crippen LogP contribution < -0.4 is 10.2 Å². The summed E-state index contributed by atoms with van der Waals surface area (Å²) in [5, 5.41) is 2.91. The third-order valence-corrected chi connectivity index (χ3v) is 4.47. The van der Waals surface area contributed by atoms with Gasteiger partial charge in [-0.2, -0.15) is 0 Å². The number of benzene rings is 2. The number of amides is 2. The lowest BCUT2D eigenvalue weighted by molar-refractivity contribution is -0.117. The van der Waals surface area contributed by atoms with Gasteiger partial charge in [-0.15, -0.1) is 0 Å². The monoisotopic (exact) mass is 322 g/mol. The summed E-state index contributed by atoms with van der Waals surface area (Å²) in [7, 11) is 0. The first-order valence-electron chi connectivity index (χ1n) is 8.29. The van der Waals surface area contributed by atoms with E-state index in [1.165, 1.54) is 11.1 Å². The van der Waals surface area contributed by atoms with Crippen molar-refractivity contribution in [3.8, 4) is 0 Å². The van der Waals surface area contributed by atoms with Crippen molar-refractivity contribution in [1.29, 1.82) is 0 Å². The summed E-state index contributed by atoms with van der Waals surface area (Å²) in [6.45, 7) is 4.89. The summed E-state index contributed by atoms with van der Waals surface area (Å²) in [6.07, 6.45) is 1.88. The van der Waals surface area contributed by atoms with Crippen molar-refractivity contribution in [1.82, 2.24) is 0 Å². The van der Waals surface area contributed by atoms with Gasteiger partial charge in [-0.05, 0) is 61.2 Å². The van der Waals surface area contributed by atoms with Crippen LogP contribution in [0.2, 0.25) is 0 Å². The van der Waals surface area contributed by atoms with Crippen molar-refractivity contribution in [3.05, 3.63) is 59.2 Å². The third kappa shape index (κ3) is 3.65. The van der Waals surface area contributed by atoms with E-state index >= 15 is 0 Å². The molecular formula is C20H22N2O2. The first-order chi connectivity index (χ1) is 11.5. The van der Waals surface area contributed by atoms with Gasteiger partial charge in [-0.25, -0.2) is 0 Å². The maximum atomic E-state index is 12.2. The highest BCUT2D eigenvalue weighted by Crippen LogP contribution is 2.23. The van der Waals surface area contributed by atoms with Gasteiger partial charge in [0, 0.05) is 24.3 Å². The number of hydrogen-bond acceptors (Lipinski definition) is 2. The first kappa shape index (κ1) is 16.2. The lowest BCUT2D eigenvalue weighted by atomic mass is 10.0. The van der Waals surface area contributed by atoms with E-state index in [1.54, 1.807) is 4.90 Å². The standard InChI is InChI=1S/C20H22N2O2/c1-14-5-6-16(12-15(14)2)13-19(23)21-17-7-9-18(10-8-17)22-11-3-4-20(22)24/h5-10,12H,3-4,11,13H2,1-2H3,(H,21,23). The zero-order chi connectivity index (χ0) is 17.1. The van der Waals surface area contributed by atoms with Gasteiger partial charge in [0.15, 0.2) is 0 Å². The van der Waals surface area contributed by atoms with Crippen molar-refractivity contribution in [2.45, 2.75) is 33.1 Å². The zero-order valence-corrected chi connectivity index (χ0v) is 14.1. The summed E-state index contributed by atoms with van der Waals surface area (Å²) in [5.41, 5.74) is 5.07. The van der Waals surface area contributed by atoms with Crippen molar-refractivity contribution < 1.29 is 9.59 Å². The molecule has 4 heteroatoms. The average molecular weight is 322 g/mol. The van der Waals surface area contributed by atoms with E-state index in [0.29, 0.717) is 12.8 Å². The average Bonchev–Trinajstić information content (AvgIpc) is 2.98. The van der Waals surface area contributed by atoms with Crippen LogP contribution in [0.1, 0.15) is 29.5 Å². The molecular weight excluding hydrogens is 300 g/mol. The lowest BCUT2D eigenvalue weighted by Crippen LogP contribution is -2.23. The summed E-state index contributed by atoms with van der Waals surface area (Å²) in [4.78, 5) is 25.7. The Morgan fingerprint density at radius 1 is 1.08 bits per heavy atom. The normalized spacial score (nSPS) is 14.1. The van der Waals surface area contributed by atoms with E-state index in [1.807, 2.05) is 36.4 Å². The molecule has 4 nitrogen and oxygen atoms in total. The van der Waals surface area contributed by atoms with Gasteiger partial charge in [0.2, 0.25) is 11.8 Å². The molecule has 0 spiro atoms. The van der Waals surface area contributed by atoms with Crippen LogP contribution in [0.25, 0.3) is 0 Å². The summed E-state index contributed by atoms with van der Waals surface area (Å²) >= 11 is 0. The SMILES string of the molecule is Cc1ccc(CC(=O)Nc2ccc(N3CCCC3=O)cc2)cc1C. The molecule has 1 fully saturated rings. The topological polar surface area (TPSA) is 49.4 Å². The van der Waals surface area contributed by atoms with Crippen molar-refractivity contribution in [2.24, 2.45) is 0 Å². The van der Waals surface area contributed by atoms with E-state index in [2.05, 4.69) is 25.2 Å². The number of aryl methyl sites for hydroxylation is 2. The molecule has 0 aromatic heterocycles. The molecule has 1 saturated heterocycles. The van der Waals surface area contributed by atoms with Crippen LogP contribution in [0.4, 0.5) is 11.4 Å².